The molecule has 2 saturated heterocycles. The van der Waals surface area contributed by atoms with Gasteiger partial charge >= 0.3 is 0 Å². The maximum absolute atomic E-state index is 2.33. The fourth-order valence-electron chi connectivity index (χ4n) is 1.14. The van der Waals surface area contributed by atoms with E-state index in [0.29, 0.717) is 0 Å². The smallest absolute Gasteiger partial charge is 0.0503 e. The van der Waals surface area contributed by atoms with Crippen LogP contribution in [0, 0.1) is 0 Å². The minimum atomic E-state index is 0.882. The topological polar surface area (TPSA) is 0 Å². The number of rotatable bonds is 6. The van der Waals surface area contributed by atoms with E-state index in [9.17, 15) is 0 Å². The summed E-state index contributed by atoms with van der Waals surface area (Å²) >= 11 is 8.66. The fraction of sp³-hybridized carbons (Fsp3) is 1.00. The monoisotopic (exact) mass is 252 g/mol. The lowest BCUT2D eigenvalue weighted by molar-refractivity contribution is 1.02. The van der Waals surface area contributed by atoms with E-state index in [1.807, 2.05) is 0 Å². The van der Waals surface area contributed by atoms with E-state index in [1.165, 1.54) is 29.4 Å². The van der Waals surface area contributed by atoms with Gasteiger partial charge in [-0.2, -0.15) is 23.5 Å². The zero-order chi connectivity index (χ0) is 9.10. The van der Waals surface area contributed by atoms with Crippen LogP contribution in [0.15, 0.2) is 0 Å². The molecule has 0 aromatic carbocycles. The molecule has 0 N–H and O–H groups in total. The summed E-state index contributed by atoms with van der Waals surface area (Å²) in [5.41, 5.74) is 0. The first-order valence-corrected chi connectivity index (χ1v) is 9.04. The standard InChI is InChI=1S/C9H16S4/c1-2-9(12-6-7-5-11-7)13-8-3-10-4-8/h7-9H,2-6H2,1H3. The third kappa shape index (κ3) is 3.80. The van der Waals surface area contributed by atoms with Crippen molar-refractivity contribution >= 4 is 47.0 Å². The van der Waals surface area contributed by atoms with E-state index in [2.05, 4.69) is 54.0 Å². The predicted molar refractivity (Wildman–Crippen MR) is 71.5 cm³/mol. The summed E-state index contributed by atoms with van der Waals surface area (Å²) in [5.74, 6) is 5.63. The van der Waals surface area contributed by atoms with Gasteiger partial charge in [-0.15, -0.1) is 23.5 Å². The summed E-state index contributed by atoms with van der Waals surface area (Å²) in [6, 6.07) is 0. The highest BCUT2D eigenvalue weighted by molar-refractivity contribution is 8.19. The highest BCUT2D eigenvalue weighted by Crippen LogP contribution is 2.41. The van der Waals surface area contributed by atoms with Gasteiger partial charge in [-0.1, -0.05) is 6.92 Å². The van der Waals surface area contributed by atoms with Gasteiger partial charge in [0.15, 0.2) is 0 Å². The summed E-state index contributed by atoms with van der Waals surface area (Å²) in [6.07, 6.45) is 1.34. The van der Waals surface area contributed by atoms with Crippen molar-refractivity contribution in [3.05, 3.63) is 0 Å². The zero-order valence-electron chi connectivity index (χ0n) is 7.90. The summed E-state index contributed by atoms with van der Waals surface area (Å²) in [7, 11) is 0. The van der Waals surface area contributed by atoms with E-state index < -0.39 is 0 Å². The molecular formula is C9H16S4. The molecule has 0 saturated carbocycles. The third-order valence-electron chi connectivity index (χ3n) is 2.16. The molecule has 4 heteroatoms. The largest absolute Gasteiger partial charge is 0.160 e. The summed E-state index contributed by atoms with van der Waals surface area (Å²) in [6.45, 7) is 2.33. The lowest BCUT2D eigenvalue weighted by Gasteiger charge is -2.28. The molecule has 2 unspecified atom stereocenters. The van der Waals surface area contributed by atoms with E-state index >= 15 is 0 Å². The molecule has 2 aliphatic rings. The zero-order valence-corrected chi connectivity index (χ0v) is 11.2. The molecule has 0 spiro atoms. The van der Waals surface area contributed by atoms with E-state index in [-0.39, 0.29) is 0 Å². The normalized spacial score (nSPS) is 29.8. The Morgan fingerprint density at radius 3 is 2.62 bits per heavy atom. The van der Waals surface area contributed by atoms with Gasteiger partial charge in [0, 0.05) is 33.5 Å². The number of thioether (sulfide) groups is 4. The number of hydrogen-bond acceptors (Lipinski definition) is 4. The molecule has 0 bridgehead atoms. The average Bonchev–Trinajstić information content (AvgIpc) is 2.85. The molecule has 2 rings (SSSR count). The van der Waals surface area contributed by atoms with Gasteiger partial charge in [0.05, 0.1) is 4.58 Å². The Bertz CT molecular complexity index is 154. The molecule has 0 aromatic heterocycles. The second-order valence-electron chi connectivity index (χ2n) is 3.42. The van der Waals surface area contributed by atoms with E-state index in [1.54, 1.807) is 0 Å². The summed E-state index contributed by atoms with van der Waals surface area (Å²) in [5, 5.41) is 1.99. The van der Waals surface area contributed by atoms with Gasteiger partial charge in [0.1, 0.15) is 0 Å². The van der Waals surface area contributed by atoms with Crippen molar-refractivity contribution in [2.45, 2.75) is 28.4 Å². The van der Waals surface area contributed by atoms with Gasteiger partial charge in [0.25, 0.3) is 0 Å². The van der Waals surface area contributed by atoms with Crippen molar-refractivity contribution in [3.63, 3.8) is 0 Å². The fourth-order valence-corrected chi connectivity index (χ4v) is 6.22. The van der Waals surface area contributed by atoms with Gasteiger partial charge < -0.3 is 0 Å². The van der Waals surface area contributed by atoms with Crippen LogP contribution in [-0.2, 0) is 0 Å². The molecule has 2 atom stereocenters. The quantitative estimate of drug-likeness (QED) is 0.524. The molecule has 0 amide bonds. The lowest BCUT2D eigenvalue weighted by Crippen LogP contribution is -2.23. The lowest BCUT2D eigenvalue weighted by atomic mass is 10.5. The Morgan fingerprint density at radius 1 is 1.38 bits per heavy atom. The van der Waals surface area contributed by atoms with Crippen LogP contribution in [0.5, 0.6) is 0 Å². The second-order valence-corrected chi connectivity index (χ2v) is 8.87. The van der Waals surface area contributed by atoms with Crippen molar-refractivity contribution in [1.29, 1.82) is 0 Å². The Balaban J connectivity index is 1.59. The Labute approximate surface area is 98.1 Å². The molecule has 0 nitrogen and oxygen atoms in total. The van der Waals surface area contributed by atoms with Crippen LogP contribution < -0.4 is 0 Å². The van der Waals surface area contributed by atoms with Crippen molar-refractivity contribution in [1.82, 2.24) is 0 Å². The summed E-state index contributed by atoms with van der Waals surface area (Å²) in [4.78, 5) is 0. The molecule has 0 aromatic rings. The first kappa shape index (κ1) is 10.9. The first-order valence-electron chi connectivity index (χ1n) is 4.85. The average molecular weight is 252 g/mol. The van der Waals surface area contributed by atoms with Crippen LogP contribution in [0.2, 0.25) is 0 Å². The van der Waals surface area contributed by atoms with Gasteiger partial charge in [-0.25, -0.2) is 0 Å². The molecule has 0 radical (unpaired) electrons. The van der Waals surface area contributed by atoms with Crippen molar-refractivity contribution in [3.8, 4) is 0 Å². The molecule has 2 aliphatic heterocycles. The minimum Gasteiger partial charge on any atom is -0.160 e. The second kappa shape index (κ2) is 5.47. The maximum Gasteiger partial charge on any atom is 0.0503 e. The highest BCUT2D eigenvalue weighted by atomic mass is 32.2. The molecule has 2 fully saturated rings. The van der Waals surface area contributed by atoms with Crippen LogP contribution in [0.4, 0.5) is 0 Å². The third-order valence-corrected chi connectivity index (χ3v) is 8.43. The molecule has 0 aliphatic carbocycles. The number of hydrogen-bond donors (Lipinski definition) is 0. The maximum atomic E-state index is 2.33. The van der Waals surface area contributed by atoms with Crippen LogP contribution >= 0.6 is 47.0 Å². The SMILES string of the molecule is CCC(SCC1CS1)SC1CSC1. The van der Waals surface area contributed by atoms with E-state index in [4.69, 9.17) is 0 Å². The van der Waals surface area contributed by atoms with Gasteiger partial charge in [-0.3, -0.25) is 0 Å². The van der Waals surface area contributed by atoms with Crippen molar-refractivity contribution in [2.24, 2.45) is 0 Å². The van der Waals surface area contributed by atoms with Gasteiger partial charge in [-0.05, 0) is 6.42 Å². The molecular weight excluding hydrogens is 236 g/mol. The minimum absolute atomic E-state index is 0.882. The van der Waals surface area contributed by atoms with Gasteiger partial charge in [0.2, 0.25) is 0 Å². The van der Waals surface area contributed by atoms with Crippen molar-refractivity contribution in [2.75, 3.05) is 23.0 Å². The first-order chi connectivity index (χ1) is 6.38. The van der Waals surface area contributed by atoms with Crippen LogP contribution in [0.25, 0.3) is 0 Å². The van der Waals surface area contributed by atoms with E-state index in [0.717, 1.165) is 15.1 Å². The van der Waals surface area contributed by atoms with Crippen LogP contribution in [-0.4, -0.2) is 38.1 Å². The van der Waals surface area contributed by atoms with Crippen molar-refractivity contribution < 1.29 is 0 Å². The Kier molecular flexibility index (Phi) is 4.59. The Morgan fingerprint density at radius 2 is 2.15 bits per heavy atom. The summed E-state index contributed by atoms with van der Waals surface area (Å²) < 4.78 is 0.882. The molecule has 2 heterocycles. The van der Waals surface area contributed by atoms with Crippen LogP contribution in [0.3, 0.4) is 0 Å². The van der Waals surface area contributed by atoms with Crippen LogP contribution in [0.1, 0.15) is 13.3 Å². The molecule has 13 heavy (non-hydrogen) atoms. The molecule has 76 valence electrons. The Hall–Kier alpha value is 1.40. The predicted octanol–water partition coefficient (Wildman–Crippen LogP) is 3.42. The highest BCUT2D eigenvalue weighted by Gasteiger charge is 2.26.